The maximum Gasteiger partial charge on any atom is 0.323 e. The molecule has 0 aromatic rings. The van der Waals surface area contributed by atoms with Gasteiger partial charge in [0.25, 0.3) is 0 Å². The molecule has 1 saturated heterocycles. The van der Waals surface area contributed by atoms with E-state index in [4.69, 9.17) is 9.47 Å². The molecule has 1 heterocycles. The van der Waals surface area contributed by atoms with Crippen molar-refractivity contribution in [2.75, 3.05) is 20.8 Å². The number of esters is 1. The first-order chi connectivity index (χ1) is 8.26. The number of nitrogens with one attached hydrogen (secondary N) is 1. The molecule has 17 heavy (non-hydrogen) atoms. The number of methoxy groups -OCH3 is 2. The summed E-state index contributed by atoms with van der Waals surface area (Å²) in [7, 11) is 3.26. The molecule has 0 aromatic carbocycles. The van der Waals surface area contributed by atoms with Crippen LogP contribution in [0.1, 0.15) is 32.1 Å². The molecule has 4 nitrogen and oxygen atoms in total. The molecular formula is C13H23NO3. The highest BCUT2D eigenvalue weighted by atomic mass is 16.5. The van der Waals surface area contributed by atoms with Crippen LogP contribution in [0, 0.1) is 11.8 Å². The van der Waals surface area contributed by atoms with Gasteiger partial charge in [0.05, 0.1) is 13.2 Å². The maximum absolute atomic E-state index is 11.7. The van der Waals surface area contributed by atoms with Gasteiger partial charge in [-0.2, -0.15) is 0 Å². The summed E-state index contributed by atoms with van der Waals surface area (Å²) in [6.45, 7) is 0.939. The Morgan fingerprint density at radius 3 is 2.41 bits per heavy atom. The van der Waals surface area contributed by atoms with Crippen molar-refractivity contribution < 1.29 is 14.3 Å². The predicted molar refractivity (Wildman–Crippen MR) is 64.7 cm³/mol. The van der Waals surface area contributed by atoms with Gasteiger partial charge >= 0.3 is 5.97 Å². The van der Waals surface area contributed by atoms with Crippen molar-refractivity contribution >= 4 is 5.97 Å². The second-order valence-corrected chi connectivity index (χ2v) is 5.18. The predicted octanol–water partition coefficient (Wildman–Crippen LogP) is 1.34. The van der Waals surface area contributed by atoms with Crippen LogP contribution in [0.5, 0.6) is 0 Å². The molecule has 1 aliphatic carbocycles. The lowest BCUT2D eigenvalue weighted by atomic mass is 9.76. The van der Waals surface area contributed by atoms with E-state index in [1.165, 1.54) is 20.0 Å². The van der Waals surface area contributed by atoms with E-state index in [0.29, 0.717) is 17.9 Å². The Morgan fingerprint density at radius 2 is 1.82 bits per heavy atom. The van der Waals surface area contributed by atoms with Crippen molar-refractivity contribution in [3.8, 4) is 0 Å². The van der Waals surface area contributed by atoms with Crippen molar-refractivity contribution in [2.24, 2.45) is 11.8 Å². The van der Waals surface area contributed by atoms with Gasteiger partial charge in [-0.15, -0.1) is 0 Å². The summed E-state index contributed by atoms with van der Waals surface area (Å²) in [6, 6.07) is -0.0795. The van der Waals surface area contributed by atoms with Crippen LogP contribution in [0.2, 0.25) is 0 Å². The number of hydrogen-bond acceptors (Lipinski definition) is 4. The van der Waals surface area contributed by atoms with E-state index in [1.807, 2.05) is 0 Å². The van der Waals surface area contributed by atoms with E-state index in [9.17, 15) is 4.79 Å². The van der Waals surface area contributed by atoms with Gasteiger partial charge < -0.3 is 14.8 Å². The van der Waals surface area contributed by atoms with Crippen molar-refractivity contribution in [3.63, 3.8) is 0 Å². The molecular weight excluding hydrogens is 218 g/mol. The molecule has 0 bridgehead atoms. The number of ether oxygens (including phenoxy) is 2. The molecule has 0 amide bonds. The Kier molecular flexibility index (Phi) is 4.40. The Labute approximate surface area is 103 Å². The third-order valence-corrected chi connectivity index (χ3v) is 4.38. The zero-order chi connectivity index (χ0) is 12.3. The fraction of sp³-hybridized carbons (Fsp3) is 0.923. The molecule has 2 rings (SSSR count). The van der Waals surface area contributed by atoms with Crippen LogP contribution < -0.4 is 5.32 Å². The Balaban J connectivity index is 1.91. The van der Waals surface area contributed by atoms with E-state index < -0.39 is 0 Å². The summed E-state index contributed by atoms with van der Waals surface area (Å²) in [6.07, 6.45) is 6.15. The third kappa shape index (κ3) is 2.80. The van der Waals surface area contributed by atoms with Crippen LogP contribution in [-0.4, -0.2) is 38.9 Å². The lowest BCUT2D eigenvalue weighted by Crippen LogP contribution is -2.40. The summed E-state index contributed by atoms with van der Waals surface area (Å²) in [5.74, 6) is 1.02. The molecule has 0 radical (unpaired) electrons. The average molecular weight is 241 g/mol. The Bertz CT molecular complexity index is 261. The monoisotopic (exact) mass is 241 g/mol. The lowest BCUT2D eigenvalue weighted by molar-refractivity contribution is -0.144. The minimum Gasteiger partial charge on any atom is -0.468 e. The van der Waals surface area contributed by atoms with Crippen LogP contribution in [0.25, 0.3) is 0 Å². The standard InChI is InChI=1S/C13H23NO3/c1-16-10-5-3-9(4-6-10)11-7-8-14-12(11)13(15)17-2/h9-12,14H,3-8H2,1-2H3/t9?,10?,11-,12-/m1/s1. The second kappa shape index (κ2) is 5.83. The Morgan fingerprint density at radius 1 is 1.12 bits per heavy atom. The first-order valence-corrected chi connectivity index (χ1v) is 6.60. The average Bonchev–Trinajstić information content (AvgIpc) is 2.87. The molecule has 1 aliphatic heterocycles. The van der Waals surface area contributed by atoms with Gasteiger partial charge in [-0.1, -0.05) is 0 Å². The summed E-state index contributed by atoms with van der Waals surface area (Å²) in [5.41, 5.74) is 0. The summed E-state index contributed by atoms with van der Waals surface area (Å²) >= 11 is 0. The highest BCUT2D eigenvalue weighted by Crippen LogP contribution is 2.36. The number of rotatable bonds is 3. The minimum atomic E-state index is -0.0960. The molecule has 2 atom stereocenters. The van der Waals surface area contributed by atoms with E-state index in [1.54, 1.807) is 7.11 Å². The van der Waals surface area contributed by atoms with Gasteiger partial charge in [0.2, 0.25) is 0 Å². The molecule has 1 N–H and O–H groups in total. The van der Waals surface area contributed by atoms with Gasteiger partial charge in [0.1, 0.15) is 6.04 Å². The third-order valence-electron chi connectivity index (χ3n) is 4.38. The summed E-state index contributed by atoms with van der Waals surface area (Å²) in [4.78, 5) is 11.7. The van der Waals surface area contributed by atoms with Gasteiger partial charge in [0.15, 0.2) is 0 Å². The van der Waals surface area contributed by atoms with Gasteiger partial charge in [-0.25, -0.2) is 0 Å². The van der Waals surface area contributed by atoms with Crippen molar-refractivity contribution in [3.05, 3.63) is 0 Å². The van der Waals surface area contributed by atoms with Crippen molar-refractivity contribution in [1.82, 2.24) is 5.32 Å². The fourth-order valence-corrected chi connectivity index (χ4v) is 3.37. The van der Waals surface area contributed by atoms with Crippen molar-refractivity contribution in [2.45, 2.75) is 44.2 Å². The van der Waals surface area contributed by atoms with Crippen LogP contribution in [0.15, 0.2) is 0 Å². The highest BCUT2D eigenvalue weighted by molar-refractivity contribution is 5.76. The first kappa shape index (κ1) is 12.8. The fourth-order valence-electron chi connectivity index (χ4n) is 3.37. The number of carbonyl (C=O) groups is 1. The van der Waals surface area contributed by atoms with Crippen molar-refractivity contribution in [1.29, 1.82) is 0 Å². The van der Waals surface area contributed by atoms with E-state index in [0.717, 1.165) is 25.8 Å². The smallest absolute Gasteiger partial charge is 0.323 e. The summed E-state index contributed by atoms with van der Waals surface area (Å²) in [5, 5.41) is 3.27. The SMILES string of the molecule is COC(=O)[C@@H]1NCC[C@@H]1C1CCC(OC)CC1. The summed E-state index contributed by atoms with van der Waals surface area (Å²) < 4.78 is 10.3. The van der Waals surface area contributed by atoms with E-state index in [-0.39, 0.29) is 12.0 Å². The number of hydrogen-bond donors (Lipinski definition) is 1. The number of carbonyl (C=O) groups excluding carboxylic acids is 1. The first-order valence-electron chi connectivity index (χ1n) is 6.60. The van der Waals surface area contributed by atoms with Crippen LogP contribution in [-0.2, 0) is 14.3 Å². The molecule has 98 valence electrons. The van der Waals surface area contributed by atoms with E-state index in [2.05, 4.69) is 5.32 Å². The molecule has 0 aromatic heterocycles. The van der Waals surface area contributed by atoms with Gasteiger partial charge in [-0.05, 0) is 50.5 Å². The van der Waals surface area contributed by atoms with Gasteiger partial charge in [-0.3, -0.25) is 4.79 Å². The van der Waals surface area contributed by atoms with E-state index >= 15 is 0 Å². The molecule has 2 aliphatic rings. The molecule has 1 saturated carbocycles. The zero-order valence-electron chi connectivity index (χ0n) is 10.8. The Hall–Kier alpha value is -0.610. The molecule has 2 fully saturated rings. The second-order valence-electron chi connectivity index (χ2n) is 5.18. The molecule has 0 spiro atoms. The van der Waals surface area contributed by atoms with Crippen LogP contribution >= 0.6 is 0 Å². The van der Waals surface area contributed by atoms with Gasteiger partial charge in [0, 0.05) is 7.11 Å². The lowest BCUT2D eigenvalue weighted by Gasteiger charge is -2.33. The highest BCUT2D eigenvalue weighted by Gasteiger charge is 2.39. The van der Waals surface area contributed by atoms with Crippen LogP contribution in [0.4, 0.5) is 0 Å². The zero-order valence-corrected chi connectivity index (χ0v) is 10.8. The topological polar surface area (TPSA) is 47.6 Å². The quantitative estimate of drug-likeness (QED) is 0.758. The molecule has 4 heteroatoms. The van der Waals surface area contributed by atoms with Crippen LogP contribution in [0.3, 0.4) is 0 Å². The maximum atomic E-state index is 11.7. The minimum absolute atomic E-state index is 0.0795. The normalized spacial score (nSPS) is 38.0. The largest absolute Gasteiger partial charge is 0.468 e. The molecule has 0 unspecified atom stereocenters.